The number of hydrogen-bond donors (Lipinski definition) is 2. The van der Waals surface area contributed by atoms with E-state index in [9.17, 15) is 5.11 Å². The molecular formula is C14H31N3O. The van der Waals surface area contributed by atoms with Crippen LogP contribution in [0.15, 0.2) is 0 Å². The van der Waals surface area contributed by atoms with Crippen LogP contribution in [-0.2, 0) is 0 Å². The van der Waals surface area contributed by atoms with Crippen LogP contribution in [0.2, 0.25) is 0 Å². The maximum Gasteiger partial charge on any atom is 0.0585 e. The van der Waals surface area contributed by atoms with E-state index in [0.29, 0.717) is 6.04 Å². The Morgan fingerprint density at radius 1 is 1.44 bits per heavy atom. The van der Waals surface area contributed by atoms with E-state index >= 15 is 0 Å². The van der Waals surface area contributed by atoms with E-state index in [4.69, 9.17) is 0 Å². The third-order valence-corrected chi connectivity index (χ3v) is 3.74. The number of nitrogens with zero attached hydrogens (tertiary/aromatic N) is 2. The zero-order valence-electron chi connectivity index (χ0n) is 12.4. The van der Waals surface area contributed by atoms with Gasteiger partial charge in [-0.15, -0.1) is 0 Å². The molecule has 2 atom stereocenters. The van der Waals surface area contributed by atoms with E-state index in [2.05, 4.69) is 36.1 Å². The molecule has 2 N–H and O–H groups in total. The summed E-state index contributed by atoms with van der Waals surface area (Å²) in [6.07, 6.45) is 4.83. The maximum absolute atomic E-state index is 9.35. The van der Waals surface area contributed by atoms with Gasteiger partial charge in [-0.3, -0.25) is 4.90 Å². The summed E-state index contributed by atoms with van der Waals surface area (Å²) >= 11 is 0. The summed E-state index contributed by atoms with van der Waals surface area (Å²) in [5.41, 5.74) is 0. The monoisotopic (exact) mass is 257 g/mol. The molecule has 1 rings (SSSR count). The van der Waals surface area contributed by atoms with Gasteiger partial charge < -0.3 is 15.3 Å². The molecule has 0 spiro atoms. The second-order valence-electron chi connectivity index (χ2n) is 5.72. The molecule has 108 valence electrons. The van der Waals surface area contributed by atoms with Crippen molar-refractivity contribution in [2.45, 2.75) is 44.7 Å². The van der Waals surface area contributed by atoms with Gasteiger partial charge in [0.25, 0.3) is 0 Å². The van der Waals surface area contributed by atoms with E-state index in [1.54, 1.807) is 0 Å². The number of hydrogen-bond acceptors (Lipinski definition) is 4. The van der Waals surface area contributed by atoms with Crippen LogP contribution in [0.3, 0.4) is 0 Å². The molecule has 0 radical (unpaired) electrons. The van der Waals surface area contributed by atoms with Crippen LogP contribution >= 0.6 is 0 Å². The third-order valence-electron chi connectivity index (χ3n) is 3.74. The van der Waals surface area contributed by atoms with Gasteiger partial charge in [0.05, 0.1) is 6.61 Å². The summed E-state index contributed by atoms with van der Waals surface area (Å²) in [5.74, 6) is 0. The molecule has 1 aliphatic rings. The molecule has 0 amide bonds. The van der Waals surface area contributed by atoms with Gasteiger partial charge in [0.15, 0.2) is 0 Å². The van der Waals surface area contributed by atoms with Gasteiger partial charge in [-0.05, 0) is 52.9 Å². The van der Waals surface area contributed by atoms with E-state index in [0.717, 1.165) is 32.5 Å². The standard InChI is InChI=1S/C14H31N3O/c1-4-8-15-13(12-18)7-10-17-9-5-6-14(17)11-16(2)3/h13-15,18H,4-12H2,1-3H3. The van der Waals surface area contributed by atoms with Gasteiger partial charge in [-0.1, -0.05) is 6.92 Å². The van der Waals surface area contributed by atoms with Crippen molar-refractivity contribution < 1.29 is 5.11 Å². The zero-order chi connectivity index (χ0) is 13.4. The van der Waals surface area contributed by atoms with Gasteiger partial charge in [0, 0.05) is 25.2 Å². The Kier molecular flexibility index (Phi) is 7.82. The SMILES string of the molecule is CCCNC(CO)CCN1CCCC1CN(C)C. The Hall–Kier alpha value is -0.160. The second kappa shape index (κ2) is 8.86. The van der Waals surface area contributed by atoms with Crippen molar-refractivity contribution in [1.29, 1.82) is 0 Å². The molecule has 1 fully saturated rings. The van der Waals surface area contributed by atoms with Gasteiger partial charge in [-0.2, -0.15) is 0 Å². The molecule has 1 aliphatic heterocycles. The first-order valence-corrected chi connectivity index (χ1v) is 7.40. The molecule has 0 bridgehead atoms. The maximum atomic E-state index is 9.35. The first-order valence-electron chi connectivity index (χ1n) is 7.40. The van der Waals surface area contributed by atoms with Crippen molar-refractivity contribution in [3.8, 4) is 0 Å². The summed E-state index contributed by atoms with van der Waals surface area (Å²) in [7, 11) is 4.30. The summed E-state index contributed by atoms with van der Waals surface area (Å²) < 4.78 is 0. The molecule has 18 heavy (non-hydrogen) atoms. The van der Waals surface area contributed by atoms with Crippen molar-refractivity contribution >= 4 is 0 Å². The fraction of sp³-hybridized carbons (Fsp3) is 1.00. The summed E-state index contributed by atoms with van der Waals surface area (Å²) in [5, 5.41) is 12.8. The van der Waals surface area contributed by atoms with Crippen molar-refractivity contribution in [3.05, 3.63) is 0 Å². The minimum Gasteiger partial charge on any atom is -0.395 e. The lowest BCUT2D eigenvalue weighted by Crippen LogP contribution is -2.41. The van der Waals surface area contributed by atoms with Crippen molar-refractivity contribution in [3.63, 3.8) is 0 Å². The topological polar surface area (TPSA) is 38.7 Å². The number of aliphatic hydroxyl groups excluding tert-OH is 1. The molecule has 4 nitrogen and oxygen atoms in total. The van der Waals surface area contributed by atoms with Crippen LogP contribution in [-0.4, -0.2) is 73.9 Å². The van der Waals surface area contributed by atoms with E-state index in [1.807, 2.05) is 0 Å². The number of likely N-dealkylation sites (tertiary alicyclic amines) is 1. The molecule has 1 saturated heterocycles. The van der Waals surface area contributed by atoms with Crippen LogP contribution in [0.4, 0.5) is 0 Å². The predicted octanol–water partition coefficient (Wildman–Crippen LogP) is 0.763. The lowest BCUT2D eigenvalue weighted by Gasteiger charge is -2.28. The second-order valence-corrected chi connectivity index (χ2v) is 5.72. The molecule has 2 unspecified atom stereocenters. The Bertz CT molecular complexity index is 211. The van der Waals surface area contributed by atoms with Crippen LogP contribution in [0, 0.1) is 0 Å². The lowest BCUT2D eigenvalue weighted by molar-refractivity contribution is 0.179. The quantitative estimate of drug-likeness (QED) is 0.640. The minimum absolute atomic E-state index is 0.256. The first-order chi connectivity index (χ1) is 8.67. The van der Waals surface area contributed by atoms with Crippen LogP contribution < -0.4 is 5.32 Å². The van der Waals surface area contributed by atoms with E-state index in [-0.39, 0.29) is 12.6 Å². The smallest absolute Gasteiger partial charge is 0.0585 e. The summed E-state index contributed by atoms with van der Waals surface area (Å²) in [6.45, 7) is 6.92. The van der Waals surface area contributed by atoms with Crippen LogP contribution in [0.25, 0.3) is 0 Å². The van der Waals surface area contributed by atoms with Gasteiger partial charge in [0.1, 0.15) is 0 Å². The van der Waals surface area contributed by atoms with Gasteiger partial charge in [0.2, 0.25) is 0 Å². The highest BCUT2D eigenvalue weighted by Crippen LogP contribution is 2.18. The fourth-order valence-electron chi connectivity index (χ4n) is 2.75. The Morgan fingerprint density at radius 3 is 2.83 bits per heavy atom. The number of nitrogens with one attached hydrogen (secondary N) is 1. The lowest BCUT2D eigenvalue weighted by atomic mass is 10.1. The number of likely N-dealkylation sites (N-methyl/N-ethyl adjacent to an activating group) is 1. The number of aliphatic hydroxyl groups is 1. The van der Waals surface area contributed by atoms with Crippen LogP contribution in [0.1, 0.15) is 32.6 Å². The first kappa shape index (κ1) is 15.9. The molecule has 0 saturated carbocycles. The highest BCUT2D eigenvalue weighted by molar-refractivity contribution is 4.82. The summed E-state index contributed by atoms with van der Waals surface area (Å²) in [4.78, 5) is 4.87. The molecule has 4 heteroatoms. The molecule has 0 aromatic carbocycles. The Labute approximate surface area is 112 Å². The van der Waals surface area contributed by atoms with Crippen molar-refractivity contribution in [2.75, 3.05) is 46.9 Å². The Balaban J connectivity index is 2.27. The van der Waals surface area contributed by atoms with E-state index in [1.165, 1.54) is 19.4 Å². The van der Waals surface area contributed by atoms with E-state index < -0.39 is 0 Å². The Morgan fingerprint density at radius 2 is 2.22 bits per heavy atom. The largest absolute Gasteiger partial charge is 0.395 e. The minimum atomic E-state index is 0.256. The third kappa shape index (κ3) is 5.65. The molecule has 0 aliphatic carbocycles. The van der Waals surface area contributed by atoms with Crippen molar-refractivity contribution in [1.82, 2.24) is 15.1 Å². The average Bonchev–Trinajstić information content (AvgIpc) is 2.76. The highest BCUT2D eigenvalue weighted by Gasteiger charge is 2.24. The highest BCUT2D eigenvalue weighted by atomic mass is 16.3. The van der Waals surface area contributed by atoms with Gasteiger partial charge >= 0.3 is 0 Å². The number of rotatable bonds is 9. The van der Waals surface area contributed by atoms with Gasteiger partial charge in [-0.25, -0.2) is 0 Å². The molecular weight excluding hydrogens is 226 g/mol. The average molecular weight is 257 g/mol. The van der Waals surface area contributed by atoms with Crippen molar-refractivity contribution in [2.24, 2.45) is 0 Å². The molecule has 1 heterocycles. The molecule has 0 aromatic heterocycles. The van der Waals surface area contributed by atoms with Crippen LogP contribution in [0.5, 0.6) is 0 Å². The normalized spacial score (nSPS) is 22.8. The fourth-order valence-corrected chi connectivity index (χ4v) is 2.75. The predicted molar refractivity (Wildman–Crippen MR) is 76.9 cm³/mol. The zero-order valence-corrected chi connectivity index (χ0v) is 12.4. The summed E-state index contributed by atoms with van der Waals surface area (Å²) in [6, 6.07) is 0.982. The molecule has 0 aromatic rings.